The van der Waals surface area contributed by atoms with E-state index in [1.165, 1.54) is 7.11 Å². The summed E-state index contributed by atoms with van der Waals surface area (Å²) >= 11 is 3.27. The lowest BCUT2D eigenvalue weighted by atomic mass is 10.2. The van der Waals surface area contributed by atoms with E-state index in [2.05, 4.69) is 20.7 Å². The van der Waals surface area contributed by atoms with Crippen LogP contribution in [0, 0.1) is 0 Å². The predicted molar refractivity (Wildman–Crippen MR) is 69.9 cm³/mol. The van der Waals surface area contributed by atoms with Crippen LogP contribution in [0.15, 0.2) is 33.5 Å². The number of halogens is 1. The smallest absolute Gasteiger partial charge is 0.507 e. The highest BCUT2D eigenvalue weighted by Crippen LogP contribution is 2.34. The van der Waals surface area contributed by atoms with Crippen LogP contribution in [0.3, 0.4) is 0 Å². The quantitative estimate of drug-likeness (QED) is 0.649. The van der Waals surface area contributed by atoms with Crippen LogP contribution in [0.2, 0.25) is 0 Å². The van der Waals surface area contributed by atoms with Crippen LogP contribution in [-0.2, 0) is 4.74 Å². The summed E-state index contributed by atoms with van der Waals surface area (Å²) < 4.78 is 5.39. The molecule has 0 spiro atoms. The molecule has 0 aliphatic carbocycles. The molecular weight excluding hydrogens is 308 g/mol. The summed E-state index contributed by atoms with van der Waals surface area (Å²) in [6.07, 6.45) is 0. The summed E-state index contributed by atoms with van der Waals surface area (Å²) in [4.78, 5) is 23.3. The first-order valence-electron chi connectivity index (χ1n) is 4.61. The number of carbonyl (C=O) groups excluding carboxylic acids is 1. The molecule has 1 unspecified atom stereocenters. The van der Waals surface area contributed by atoms with Gasteiger partial charge in [-0.25, -0.2) is 4.79 Å². The van der Waals surface area contributed by atoms with E-state index in [4.69, 9.17) is 0 Å². The zero-order chi connectivity index (χ0) is 12.6. The summed E-state index contributed by atoms with van der Waals surface area (Å²) in [6.45, 7) is 0. The molecule has 2 rings (SSSR count). The van der Waals surface area contributed by atoms with Gasteiger partial charge in [-0.1, -0.05) is 15.9 Å². The van der Waals surface area contributed by atoms with Crippen molar-refractivity contribution in [3.63, 3.8) is 0 Å². The highest BCUT2D eigenvalue weighted by Gasteiger charge is 2.28. The van der Waals surface area contributed by atoms with Crippen molar-refractivity contribution >= 4 is 41.8 Å². The van der Waals surface area contributed by atoms with Gasteiger partial charge in [0, 0.05) is 10.5 Å². The maximum Gasteiger partial charge on any atom is 0.558 e. The van der Waals surface area contributed by atoms with E-state index in [0.717, 1.165) is 10.5 Å². The fourth-order valence-corrected chi connectivity index (χ4v) is 3.60. The van der Waals surface area contributed by atoms with Crippen molar-refractivity contribution in [2.75, 3.05) is 7.11 Å². The van der Waals surface area contributed by atoms with Gasteiger partial charge in [-0.2, -0.15) is 4.79 Å². The van der Waals surface area contributed by atoms with E-state index in [1.807, 2.05) is 0 Å². The van der Waals surface area contributed by atoms with E-state index >= 15 is 0 Å². The van der Waals surface area contributed by atoms with Gasteiger partial charge < -0.3 is 9.84 Å². The summed E-state index contributed by atoms with van der Waals surface area (Å²) in [5, 5.41) is 9.56. The molecule has 0 aliphatic rings. The molecule has 1 aromatic carbocycles. The molecule has 0 saturated carbocycles. The molecule has 0 aliphatic heterocycles. The minimum Gasteiger partial charge on any atom is -0.507 e. The molecule has 0 fully saturated rings. The van der Waals surface area contributed by atoms with E-state index in [0.29, 0.717) is 10.1 Å². The zero-order valence-electron chi connectivity index (χ0n) is 8.77. The standard InChI is InChI=1S/C11H7BrO4S/c1-16-11(15)17-9-4-6(12)2-3-7(9)8(13)5-10(17)14/h2-5H,1H3/p+1. The van der Waals surface area contributed by atoms with Crippen molar-refractivity contribution in [1.82, 2.24) is 0 Å². The monoisotopic (exact) mass is 315 g/mol. The third-order valence-electron chi connectivity index (χ3n) is 2.23. The topological polar surface area (TPSA) is 63.6 Å². The first-order valence-corrected chi connectivity index (χ1v) is 6.63. The van der Waals surface area contributed by atoms with Gasteiger partial charge in [0.1, 0.15) is 5.75 Å². The van der Waals surface area contributed by atoms with Gasteiger partial charge in [0.25, 0.3) is 0 Å². The Morgan fingerprint density at radius 3 is 2.76 bits per heavy atom. The number of benzene rings is 1. The molecule has 0 amide bonds. The number of carbonyl (C=O) groups is 1. The molecule has 0 saturated heterocycles. The number of hydrogen-bond acceptors (Lipinski definition) is 4. The molecule has 2 aromatic rings. The van der Waals surface area contributed by atoms with Crippen LogP contribution < -0.4 is 4.74 Å². The third kappa shape index (κ3) is 2.05. The van der Waals surface area contributed by atoms with E-state index in [1.54, 1.807) is 18.2 Å². The van der Waals surface area contributed by atoms with E-state index < -0.39 is 20.5 Å². The third-order valence-corrected chi connectivity index (χ3v) is 4.52. The Morgan fingerprint density at radius 2 is 2.12 bits per heavy atom. The van der Waals surface area contributed by atoms with Crippen LogP contribution >= 0.6 is 26.4 Å². The van der Waals surface area contributed by atoms with Crippen molar-refractivity contribution in [3.05, 3.63) is 38.3 Å². The van der Waals surface area contributed by atoms with Crippen LogP contribution in [0.1, 0.15) is 0 Å². The molecule has 1 heterocycles. The largest absolute Gasteiger partial charge is 0.558 e. The molecule has 1 atom stereocenters. The summed E-state index contributed by atoms with van der Waals surface area (Å²) in [5.74, 6) is -0.120. The fraction of sp³-hybridized carbons (Fsp3) is 0.0909. The van der Waals surface area contributed by atoms with Crippen molar-refractivity contribution in [1.29, 1.82) is 0 Å². The Morgan fingerprint density at radius 1 is 1.41 bits per heavy atom. The average molecular weight is 316 g/mol. The minimum absolute atomic E-state index is 0.120. The lowest BCUT2D eigenvalue weighted by Crippen LogP contribution is -2.06. The van der Waals surface area contributed by atoms with Gasteiger partial charge in [0.2, 0.25) is 4.70 Å². The molecule has 6 heteroatoms. The molecule has 0 bridgehead atoms. The Balaban J connectivity index is 2.95. The Bertz CT molecular complexity index is 662. The summed E-state index contributed by atoms with van der Waals surface area (Å²) in [7, 11) is -0.0719. The first-order chi connectivity index (χ1) is 8.04. The average Bonchev–Trinajstić information content (AvgIpc) is 2.28. The number of ether oxygens (including phenoxy) is 1. The molecule has 17 heavy (non-hydrogen) atoms. The van der Waals surface area contributed by atoms with Crippen molar-refractivity contribution in [2.24, 2.45) is 0 Å². The Labute approximate surface area is 108 Å². The van der Waals surface area contributed by atoms with E-state index in [-0.39, 0.29) is 5.75 Å². The normalized spacial score (nSPS) is 11.5. The van der Waals surface area contributed by atoms with Crippen molar-refractivity contribution in [2.45, 2.75) is 0 Å². The van der Waals surface area contributed by atoms with Crippen LogP contribution in [0.4, 0.5) is 4.79 Å². The van der Waals surface area contributed by atoms with E-state index in [9.17, 15) is 14.7 Å². The van der Waals surface area contributed by atoms with Crippen LogP contribution in [-0.4, -0.2) is 17.5 Å². The second kappa shape index (κ2) is 4.46. The second-order valence-corrected chi connectivity index (χ2v) is 5.95. The number of fused-ring (bicyclic) bond motifs is 1. The number of aromatic hydroxyl groups is 1. The van der Waals surface area contributed by atoms with Gasteiger partial charge in [0.15, 0.2) is 10.5 Å². The second-order valence-electron chi connectivity index (χ2n) is 3.25. The van der Waals surface area contributed by atoms with Gasteiger partial charge in [-0.3, -0.25) is 0 Å². The lowest BCUT2D eigenvalue weighted by molar-refractivity contribution is 0.199. The number of rotatable bonds is 1. The summed E-state index contributed by atoms with van der Waals surface area (Å²) in [6, 6.07) is 6.10. The number of methoxy groups -OCH3 is 1. The maximum atomic E-state index is 11.7. The molecule has 88 valence electrons. The van der Waals surface area contributed by atoms with Crippen molar-refractivity contribution in [3.8, 4) is 5.75 Å². The highest BCUT2D eigenvalue weighted by molar-refractivity contribution is 9.10. The zero-order valence-corrected chi connectivity index (χ0v) is 11.2. The Hall–Kier alpha value is -1.40. The highest BCUT2D eigenvalue weighted by atomic mass is 79.9. The minimum atomic E-state index is -1.31. The molecule has 0 radical (unpaired) electrons. The molecule has 1 N–H and O–H groups in total. The predicted octanol–water partition coefficient (Wildman–Crippen LogP) is 3.03. The fourth-order valence-electron chi connectivity index (χ4n) is 1.49. The molecule has 4 nitrogen and oxygen atoms in total. The van der Waals surface area contributed by atoms with Crippen molar-refractivity contribution < 1.29 is 14.6 Å². The van der Waals surface area contributed by atoms with Gasteiger partial charge in [-0.05, 0) is 12.1 Å². The first kappa shape index (κ1) is 12.1. The Kier molecular flexibility index (Phi) is 3.17. The van der Waals surface area contributed by atoms with Gasteiger partial charge in [0.05, 0.1) is 18.6 Å². The van der Waals surface area contributed by atoms with Gasteiger partial charge in [-0.15, -0.1) is 0 Å². The SMILES string of the molecule is COC(=O)[s+]1c(=O)cc(O)c2ccc(Br)cc21. The number of hydrogen-bond donors (Lipinski definition) is 1. The maximum absolute atomic E-state index is 11.7. The molecular formula is C11H8BrO4S+. The van der Waals surface area contributed by atoms with Crippen LogP contribution in [0.25, 0.3) is 10.1 Å². The lowest BCUT2D eigenvalue weighted by Gasteiger charge is -1.98. The van der Waals surface area contributed by atoms with Gasteiger partial charge >= 0.3 is 10.0 Å². The van der Waals surface area contributed by atoms with Crippen LogP contribution in [0.5, 0.6) is 5.75 Å². The summed E-state index contributed by atoms with van der Waals surface area (Å²) in [5.41, 5.74) is 0. The molecule has 1 aromatic heterocycles.